The smallest absolute Gasteiger partial charge is 0.138 e. The molecule has 3 aromatic heterocycles. The first-order valence-electron chi connectivity index (χ1n) is 8.62. The molecule has 0 unspecified atom stereocenters. The van der Waals surface area contributed by atoms with Gasteiger partial charge in [0.15, 0.2) is 0 Å². The summed E-state index contributed by atoms with van der Waals surface area (Å²) in [5.41, 5.74) is 4.34. The van der Waals surface area contributed by atoms with Gasteiger partial charge in [0.05, 0.1) is 11.3 Å². The van der Waals surface area contributed by atoms with E-state index in [1.165, 1.54) is 19.1 Å². The number of pyridine rings is 1. The summed E-state index contributed by atoms with van der Waals surface area (Å²) in [5.74, 6) is -1.11. The Morgan fingerprint density at radius 2 is 2.00 bits per heavy atom. The van der Waals surface area contributed by atoms with Gasteiger partial charge in [-0.1, -0.05) is 6.07 Å². The number of nitrogens with zero attached hydrogens (tertiary/aromatic N) is 4. The number of fused-ring (bicyclic) bond motifs is 2. The van der Waals surface area contributed by atoms with Crippen molar-refractivity contribution in [2.45, 2.75) is 26.3 Å². The van der Waals surface area contributed by atoms with E-state index in [9.17, 15) is 8.78 Å². The average Bonchev–Trinajstić information content (AvgIpc) is 3.32. The fourth-order valence-corrected chi connectivity index (χ4v) is 3.69. The molecule has 0 atom stereocenters. The predicted molar refractivity (Wildman–Crippen MR) is 94.8 cm³/mol. The molecule has 5 rings (SSSR count). The number of imidazole rings is 1. The third kappa shape index (κ3) is 2.11. The van der Waals surface area contributed by atoms with Crippen molar-refractivity contribution in [3.8, 4) is 22.5 Å². The van der Waals surface area contributed by atoms with Gasteiger partial charge in [-0.25, -0.2) is 13.8 Å². The number of hydrogen-bond donors (Lipinski definition) is 0. The van der Waals surface area contributed by atoms with Gasteiger partial charge in [-0.3, -0.25) is 4.68 Å². The molecule has 1 aromatic carbocycles. The first kappa shape index (κ1) is 15.3. The fraction of sp³-hybridized carbons (Fsp3) is 0.200. The molecule has 0 N–H and O–H groups in total. The van der Waals surface area contributed by atoms with Crippen LogP contribution in [0.1, 0.15) is 17.7 Å². The van der Waals surface area contributed by atoms with E-state index in [2.05, 4.69) is 5.10 Å². The minimum Gasteiger partial charge on any atom is -0.306 e. The van der Waals surface area contributed by atoms with E-state index >= 15 is 0 Å². The molecule has 1 aliphatic heterocycles. The van der Waals surface area contributed by atoms with E-state index in [0.29, 0.717) is 11.3 Å². The summed E-state index contributed by atoms with van der Waals surface area (Å²) in [5, 5.41) is 4.64. The van der Waals surface area contributed by atoms with Gasteiger partial charge in [0.2, 0.25) is 0 Å². The normalized spacial score (nSPS) is 13.5. The number of aryl methyl sites for hydroxylation is 1. The van der Waals surface area contributed by atoms with E-state index in [1.807, 2.05) is 39.7 Å². The molecule has 0 saturated carbocycles. The van der Waals surface area contributed by atoms with Gasteiger partial charge in [-0.15, -0.1) is 0 Å². The quantitative estimate of drug-likeness (QED) is 0.537. The highest BCUT2D eigenvalue weighted by Gasteiger charge is 2.27. The molecule has 0 aliphatic carbocycles. The Morgan fingerprint density at radius 1 is 1.12 bits per heavy atom. The van der Waals surface area contributed by atoms with Crippen LogP contribution < -0.4 is 0 Å². The molecule has 0 radical (unpaired) electrons. The summed E-state index contributed by atoms with van der Waals surface area (Å²) >= 11 is 0. The Labute approximate surface area is 148 Å². The van der Waals surface area contributed by atoms with Crippen LogP contribution in [-0.2, 0) is 13.0 Å². The standard InChI is InChI=1S/C20H16F2N4/c1-12-14(21)8-7-13(19(12)22)20-18(16-5-4-10-26(16)24-20)15-11-25-9-3-2-6-17(25)23-15/h2-3,6-9,11H,4-5,10H2,1H3. The highest BCUT2D eigenvalue weighted by Crippen LogP contribution is 2.38. The van der Waals surface area contributed by atoms with E-state index in [1.54, 1.807) is 0 Å². The summed E-state index contributed by atoms with van der Waals surface area (Å²) in [6.07, 6.45) is 5.74. The summed E-state index contributed by atoms with van der Waals surface area (Å²) in [4.78, 5) is 4.70. The topological polar surface area (TPSA) is 35.1 Å². The van der Waals surface area contributed by atoms with Crippen LogP contribution in [0, 0.1) is 18.6 Å². The molecular weight excluding hydrogens is 334 g/mol. The van der Waals surface area contributed by atoms with Crippen molar-refractivity contribution in [3.63, 3.8) is 0 Å². The minimum absolute atomic E-state index is 0.0108. The Balaban J connectivity index is 1.79. The van der Waals surface area contributed by atoms with E-state index in [0.717, 1.165) is 42.0 Å². The molecule has 4 aromatic rings. The minimum atomic E-state index is -0.563. The molecule has 1 aliphatic rings. The molecule has 6 heteroatoms. The van der Waals surface area contributed by atoms with Gasteiger partial charge in [-0.05, 0) is 44.0 Å². The van der Waals surface area contributed by atoms with Gasteiger partial charge in [0.1, 0.15) is 23.0 Å². The number of rotatable bonds is 2. The maximum Gasteiger partial charge on any atom is 0.138 e. The van der Waals surface area contributed by atoms with Gasteiger partial charge < -0.3 is 4.40 Å². The van der Waals surface area contributed by atoms with Crippen molar-refractivity contribution in [2.24, 2.45) is 0 Å². The van der Waals surface area contributed by atoms with E-state index < -0.39 is 11.6 Å². The lowest BCUT2D eigenvalue weighted by Crippen LogP contribution is -1.97. The van der Waals surface area contributed by atoms with Crippen LogP contribution in [0.15, 0.2) is 42.7 Å². The van der Waals surface area contributed by atoms with Crippen molar-refractivity contribution >= 4 is 5.65 Å². The van der Waals surface area contributed by atoms with Crippen molar-refractivity contribution in [3.05, 3.63) is 65.6 Å². The maximum absolute atomic E-state index is 14.8. The van der Waals surface area contributed by atoms with Crippen molar-refractivity contribution in [2.75, 3.05) is 0 Å². The Hall–Kier alpha value is -3.02. The summed E-state index contributed by atoms with van der Waals surface area (Å²) < 4.78 is 32.4. The van der Waals surface area contributed by atoms with Gasteiger partial charge in [0, 0.05) is 35.8 Å². The number of hydrogen-bond acceptors (Lipinski definition) is 2. The average molecular weight is 350 g/mol. The molecular formula is C20H16F2N4. The second kappa shape index (κ2) is 5.49. The van der Waals surface area contributed by atoms with Crippen molar-refractivity contribution in [1.82, 2.24) is 19.2 Å². The SMILES string of the molecule is Cc1c(F)ccc(-c2nn3c(c2-c2cn4ccccc4n2)CCC3)c1F. The zero-order valence-corrected chi connectivity index (χ0v) is 14.2. The molecule has 0 spiro atoms. The summed E-state index contributed by atoms with van der Waals surface area (Å²) in [7, 11) is 0. The van der Waals surface area contributed by atoms with Crippen LogP contribution in [-0.4, -0.2) is 19.2 Å². The lowest BCUT2D eigenvalue weighted by molar-refractivity contribution is 0.569. The molecule has 0 bridgehead atoms. The molecule has 0 amide bonds. The Bertz CT molecular complexity index is 1120. The second-order valence-electron chi connectivity index (χ2n) is 6.62. The molecule has 26 heavy (non-hydrogen) atoms. The second-order valence-corrected chi connectivity index (χ2v) is 6.62. The Kier molecular flexibility index (Phi) is 3.22. The Morgan fingerprint density at radius 3 is 2.85 bits per heavy atom. The summed E-state index contributed by atoms with van der Waals surface area (Å²) in [6.45, 7) is 2.25. The number of benzene rings is 1. The lowest BCUT2D eigenvalue weighted by Gasteiger charge is -2.07. The van der Waals surface area contributed by atoms with Crippen LogP contribution >= 0.6 is 0 Å². The highest BCUT2D eigenvalue weighted by atomic mass is 19.1. The predicted octanol–water partition coefficient (Wildman–Crippen LogP) is 4.40. The zero-order valence-electron chi connectivity index (χ0n) is 14.2. The van der Waals surface area contributed by atoms with E-state index in [4.69, 9.17) is 4.98 Å². The van der Waals surface area contributed by atoms with Gasteiger partial charge in [0.25, 0.3) is 0 Å². The third-order valence-electron chi connectivity index (χ3n) is 5.04. The van der Waals surface area contributed by atoms with E-state index in [-0.39, 0.29) is 5.56 Å². The number of halogens is 2. The van der Waals surface area contributed by atoms with Crippen LogP contribution in [0.4, 0.5) is 8.78 Å². The van der Waals surface area contributed by atoms with Crippen LogP contribution in [0.2, 0.25) is 0 Å². The van der Waals surface area contributed by atoms with Gasteiger partial charge in [-0.2, -0.15) is 5.10 Å². The van der Waals surface area contributed by atoms with Crippen LogP contribution in [0.25, 0.3) is 28.2 Å². The van der Waals surface area contributed by atoms with Crippen molar-refractivity contribution in [1.29, 1.82) is 0 Å². The fourth-order valence-electron chi connectivity index (χ4n) is 3.69. The molecule has 130 valence electrons. The van der Waals surface area contributed by atoms with Crippen LogP contribution in [0.3, 0.4) is 0 Å². The summed E-state index contributed by atoms with van der Waals surface area (Å²) in [6, 6.07) is 8.56. The molecule has 0 saturated heterocycles. The zero-order chi connectivity index (χ0) is 17.8. The maximum atomic E-state index is 14.8. The molecule has 4 nitrogen and oxygen atoms in total. The van der Waals surface area contributed by atoms with Crippen molar-refractivity contribution < 1.29 is 8.78 Å². The first-order chi connectivity index (χ1) is 12.6. The third-order valence-corrected chi connectivity index (χ3v) is 5.04. The molecule has 4 heterocycles. The first-order valence-corrected chi connectivity index (χ1v) is 8.62. The lowest BCUT2D eigenvalue weighted by atomic mass is 10.00. The highest BCUT2D eigenvalue weighted by molar-refractivity contribution is 5.82. The monoisotopic (exact) mass is 350 g/mol. The number of aromatic nitrogens is 4. The van der Waals surface area contributed by atoms with Crippen LogP contribution in [0.5, 0.6) is 0 Å². The van der Waals surface area contributed by atoms with Gasteiger partial charge >= 0.3 is 0 Å². The largest absolute Gasteiger partial charge is 0.306 e. The molecule has 0 fully saturated rings.